The van der Waals surface area contributed by atoms with E-state index in [4.69, 9.17) is 9.47 Å². The highest BCUT2D eigenvalue weighted by Gasteiger charge is 2.31. The van der Waals surface area contributed by atoms with Crippen molar-refractivity contribution in [1.82, 2.24) is 24.5 Å². The van der Waals surface area contributed by atoms with Gasteiger partial charge in [-0.2, -0.15) is 4.80 Å². The highest BCUT2D eigenvalue weighted by Crippen LogP contribution is 2.28. The normalized spacial score (nSPS) is 15.0. The minimum Gasteiger partial charge on any atom is -0.469 e. The van der Waals surface area contributed by atoms with Crippen LogP contribution in [0.2, 0.25) is 0 Å². The van der Waals surface area contributed by atoms with Gasteiger partial charge in [-0.3, -0.25) is 9.59 Å². The van der Waals surface area contributed by atoms with E-state index >= 15 is 0 Å². The fourth-order valence-electron chi connectivity index (χ4n) is 4.86. The molecule has 11 nitrogen and oxygen atoms in total. The first-order valence-corrected chi connectivity index (χ1v) is 13.1. The number of fused-ring (bicyclic) bond motifs is 1. The maximum atomic E-state index is 13.8. The van der Waals surface area contributed by atoms with Crippen LogP contribution in [0.25, 0.3) is 16.7 Å². The number of carbonyl (C=O) groups excluding carboxylic acids is 2. The number of hydrogen-bond acceptors (Lipinski definition) is 8. The third kappa shape index (κ3) is 5.98. The van der Waals surface area contributed by atoms with Crippen LogP contribution in [0.1, 0.15) is 70.3 Å². The van der Waals surface area contributed by atoms with Crippen molar-refractivity contribution in [3.05, 3.63) is 51.4 Å². The second kappa shape index (κ2) is 10.4. The number of amides is 1. The predicted molar refractivity (Wildman–Crippen MR) is 145 cm³/mol. The maximum absolute atomic E-state index is 13.8. The third-order valence-corrected chi connectivity index (χ3v) is 6.95. The number of aromatic nitrogens is 4. The number of methoxy groups -OCH3 is 1. The van der Waals surface area contributed by atoms with Crippen LogP contribution in [0, 0.1) is 6.92 Å². The first kappa shape index (κ1) is 28.3. The minimum atomic E-state index is -1.00. The van der Waals surface area contributed by atoms with Crippen molar-refractivity contribution in [1.29, 1.82) is 0 Å². The zero-order valence-corrected chi connectivity index (χ0v) is 23.6. The summed E-state index contributed by atoms with van der Waals surface area (Å²) >= 11 is 0. The number of piperidine rings is 1. The van der Waals surface area contributed by atoms with E-state index in [2.05, 4.69) is 10.2 Å². The van der Waals surface area contributed by atoms with Crippen molar-refractivity contribution in [2.75, 3.05) is 20.2 Å². The summed E-state index contributed by atoms with van der Waals surface area (Å²) in [6.07, 6.45) is 0.669. The van der Waals surface area contributed by atoms with Crippen molar-refractivity contribution in [2.24, 2.45) is 0 Å². The molecule has 2 aromatic heterocycles. The first-order chi connectivity index (χ1) is 18.2. The highest BCUT2D eigenvalue weighted by molar-refractivity contribution is 5.84. The molecule has 1 saturated heterocycles. The molecule has 210 valence electrons. The van der Waals surface area contributed by atoms with Crippen molar-refractivity contribution < 1.29 is 24.2 Å². The fraction of sp³-hybridized carbons (Fsp3) is 0.536. The molecule has 0 atom stereocenters. The smallest absolute Gasteiger partial charge is 0.410 e. The summed E-state index contributed by atoms with van der Waals surface area (Å²) in [5, 5.41) is 19.4. The molecule has 1 fully saturated rings. The van der Waals surface area contributed by atoms with E-state index in [1.807, 2.05) is 20.8 Å². The number of pyridine rings is 1. The van der Waals surface area contributed by atoms with Crippen LogP contribution in [0.5, 0.6) is 0 Å². The molecule has 0 spiro atoms. The number of rotatable bonds is 5. The molecule has 1 N–H and O–H groups in total. The molecule has 3 aromatic rings. The molecule has 39 heavy (non-hydrogen) atoms. The minimum absolute atomic E-state index is 0.0633. The van der Waals surface area contributed by atoms with Crippen LogP contribution in [-0.2, 0) is 26.3 Å². The number of likely N-dealkylation sites (tertiary alicyclic amines) is 1. The number of benzene rings is 1. The Kier molecular flexibility index (Phi) is 7.57. The molecule has 11 heteroatoms. The lowest BCUT2D eigenvalue weighted by molar-refractivity contribution is -0.139. The largest absolute Gasteiger partial charge is 0.469 e. The Hall–Kier alpha value is -3.73. The lowest BCUT2D eigenvalue weighted by Gasteiger charge is -2.35. The number of hydrogen-bond donors (Lipinski definition) is 1. The highest BCUT2D eigenvalue weighted by atomic mass is 16.6. The van der Waals surface area contributed by atoms with Gasteiger partial charge in [0.25, 0.3) is 5.56 Å². The summed E-state index contributed by atoms with van der Waals surface area (Å²) in [6, 6.07) is 6.91. The summed E-state index contributed by atoms with van der Waals surface area (Å²) in [7, 11) is 1.32. The summed E-state index contributed by atoms with van der Waals surface area (Å²) in [5.41, 5.74) is 1.14. The Morgan fingerprint density at radius 2 is 1.62 bits per heavy atom. The maximum Gasteiger partial charge on any atom is 0.410 e. The Morgan fingerprint density at radius 3 is 2.15 bits per heavy atom. The van der Waals surface area contributed by atoms with Crippen molar-refractivity contribution in [2.45, 2.75) is 78.0 Å². The van der Waals surface area contributed by atoms with Gasteiger partial charge in [0.1, 0.15) is 11.1 Å². The summed E-state index contributed by atoms with van der Waals surface area (Å²) < 4.78 is 12.1. The van der Waals surface area contributed by atoms with E-state index in [1.54, 1.807) is 54.5 Å². The van der Waals surface area contributed by atoms with Gasteiger partial charge in [0, 0.05) is 30.4 Å². The van der Waals surface area contributed by atoms with E-state index in [0.29, 0.717) is 48.4 Å². The summed E-state index contributed by atoms with van der Waals surface area (Å²) in [4.78, 5) is 41.7. The van der Waals surface area contributed by atoms with E-state index in [0.717, 1.165) is 5.56 Å². The molecule has 0 bridgehead atoms. The SMILES string of the molecule is COC(=O)Cc1c(C)n(C2CCN(C(=O)OC(C)(C)C)CC2)c(=O)c2nn(-c3ccc(C(C)(C)O)cc3)nc12. The van der Waals surface area contributed by atoms with Crippen LogP contribution in [0.3, 0.4) is 0 Å². The van der Waals surface area contributed by atoms with Crippen molar-refractivity contribution in [3.63, 3.8) is 0 Å². The predicted octanol–water partition coefficient (Wildman–Crippen LogP) is 3.41. The number of aliphatic hydroxyl groups is 1. The molecule has 0 saturated carbocycles. The Morgan fingerprint density at radius 1 is 1.03 bits per heavy atom. The van der Waals surface area contributed by atoms with Gasteiger partial charge in [-0.05, 0) is 72.1 Å². The van der Waals surface area contributed by atoms with Crippen LogP contribution in [0.4, 0.5) is 4.79 Å². The lowest BCUT2D eigenvalue weighted by Crippen LogP contribution is -2.43. The molecule has 0 unspecified atom stereocenters. The topological polar surface area (TPSA) is 129 Å². The number of esters is 1. The van der Waals surface area contributed by atoms with Gasteiger partial charge in [0.2, 0.25) is 0 Å². The van der Waals surface area contributed by atoms with Crippen LogP contribution in [-0.4, -0.2) is 67.4 Å². The molecular formula is C28H37N5O6. The van der Waals surface area contributed by atoms with E-state index in [-0.39, 0.29) is 29.6 Å². The fourth-order valence-corrected chi connectivity index (χ4v) is 4.86. The number of ether oxygens (including phenoxy) is 2. The molecule has 3 heterocycles. The lowest BCUT2D eigenvalue weighted by atomic mass is 9.98. The molecular weight excluding hydrogens is 502 g/mol. The zero-order chi connectivity index (χ0) is 28.7. The zero-order valence-electron chi connectivity index (χ0n) is 23.6. The van der Waals surface area contributed by atoms with Gasteiger partial charge in [-0.1, -0.05) is 12.1 Å². The van der Waals surface area contributed by atoms with Gasteiger partial charge < -0.3 is 24.0 Å². The van der Waals surface area contributed by atoms with Crippen molar-refractivity contribution >= 4 is 23.1 Å². The molecule has 1 aromatic carbocycles. The Labute approximate surface area is 227 Å². The van der Waals surface area contributed by atoms with Crippen LogP contribution >= 0.6 is 0 Å². The van der Waals surface area contributed by atoms with Gasteiger partial charge >= 0.3 is 12.1 Å². The molecule has 0 radical (unpaired) electrons. The first-order valence-electron chi connectivity index (χ1n) is 13.1. The second-order valence-electron chi connectivity index (χ2n) is 11.5. The second-order valence-corrected chi connectivity index (χ2v) is 11.5. The molecule has 1 amide bonds. The standard InChI is InChI=1S/C28H37N5O6/c1-17-21(16-22(34)38-7)23-24(30-33(29-23)20-10-8-18(9-11-20)28(5,6)37)25(35)32(17)19-12-14-31(15-13-19)26(36)39-27(2,3)4/h8-11,19,37H,12-16H2,1-7H3. The summed E-state index contributed by atoms with van der Waals surface area (Å²) in [6.45, 7) is 11.6. The average molecular weight is 540 g/mol. The van der Waals surface area contributed by atoms with Crippen molar-refractivity contribution in [3.8, 4) is 5.69 Å². The Balaban J connectivity index is 1.73. The number of carbonyl (C=O) groups is 2. The Bertz CT molecular complexity index is 1430. The van der Waals surface area contributed by atoms with E-state index in [1.165, 1.54) is 11.9 Å². The third-order valence-electron chi connectivity index (χ3n) is 6.95. The van der Waals surface area contributed by atoms with E-state index < -0.39 is 17.2 Å². The summed E-state index contributed by atoms with van der Waals surface area (Å²) in [5.74, 6) is -0.451. The van der Waals surface area contributed by atoms with Gasteiger partial charge in [-0.15, -0.1) is 10.2 Å². The molecule has 0 aliphatic carbocycles. The van der Waals surface area contributed by atoms with Gasteiger partial charge in [0.05, 0.1) is 24.8 Å². The van der Waals surface area contributed by atoms with Crippen LogP contribution in [0.15, 0.2) is 29.1 Å². The monoisotopic (exact) mass is 539 g/mol. The average Bonchev–Trinajstić information content (AvgIpc) is 3.31. The quantitative estimate of drug-likeness (QED) is 0.489. The van der Waals surface area contributed by atoms with Gasteiger partial charge in [0.15, 0.2) is 5.52 Å². The molecule has 4 rings (SSSR count). The molecule has 1 aliphatic rings. The van der Waals surface area contributed by atoms with E-state index in [9.17, 15) is 19.5 Å². The van der Waals surface area contributed by atoms with Gasteiger partial charge in [-0.25, -0.2) is 4.79 Å². The van der Waals surface area contributed by atoms with Crippen LogP contribution < -0.4 is 5.56 Å². The number of nitrogens with zero attached hydrogens (tertiary/aromatic N) is 5. The molecule has 1 aliphatic heterocycles.